The molecule has 2 aromatic heterocycles. The maximum absolute atomic E-state index is 13.6. The van der Waals surface area contributed by atoms with E-state index in [1.807, 2.05) is 0 Å². The van der Waals surface area contributed by atoms with Gasteiger partial charge in [0, 0.05) is 35.7 Å². The van der Waals surface area contributed by atoms with Crippen molar-refractivity contribution in [2.24, 2.45) is 5.10 Å². The number of hydrogen-bond acceptors (Lipinski definition) is 4. The lowest BCUT2D eigenvalue weighted by Gasteiger charge is -2.14. The first-order chi connectivity index (χ1) is 13.5. The summed E-state index contributed by atoms with van der Waals surface area (Å²) in [5.74, 6) is 0.133. The van der Waals surface area contributed by atoms with Crippen LogP contribution < -0.4 is 0 Å². The van der Waals surface area contributed by atoms with Gasteiger partial charge in [0.15, 0.2) is 5.82 Å². The van der Waals surface area contributed by atoms with Gasteiger partial charge in [-0.1, -0.05) is 12.1 Å². The molecule has 1 aliphatic rings. The summed E-state index contributed by atoms with van der Waals surface area (Å²) in [6.45, 7) is 5.86. The topological polar surface area (TPSA) is 60.1 Å². The van der Waals surface area contributed by atoms with Gasteiger partial charge in [-0.3, -0.25) is 0 Å². The Balaban J connectivity index is 1.64. The Hall–Kier alpha value is -2.58. The van der Waals surface area contributed by atoms with E-state index in [1.165, 1.54) is 16.8 Å². The highest BCUT2D eigenvalue weighted by molar-refractivity contribution is 7.71. The van der Waals surface area contributed by atoms with Gasteiger partial charge in [-0.05, 0) is 57.1 Å². The van der Waals surface area contributed by atoms with Crippen LogP contribution in [0.25, 0.3) is 11.4 Å². The molecule has 0 saturated carbocycles. The van der Waals surface area contributed by atoms with Gasteiger partial charge in [0.1, 0.15) is 5.82 Å². The lowest BCUT2D eigenvalue weighted by Crippen LogP contribution is -2.16. The molecule has 1 fully saturated rings. The van der Waals surface area contributed by atoms with Crippen molar-refractivity contribution in [3.05, 3.63) is 57.9 Å². The zero-order valence-electron chi connectivity index (χ0n) is 15.9. The van der Waals surface area contributed by atoms with Crippen LogP contribution in [0, 0.1) is 24.4 Å². The molecule has 0 spiro atoms. The molecule has 1 saturated heterocycles. The summed E-state index contributed by atoms with van der Waals surface area (Å²) >= 11 is 5.30. The van der Waals surface area contributed by atoms with E-state index in [1.54, 1.807) is 18.3 Å². The smallest absolute Gasteiger partial charge is 0.216 e. The number of H-pyrrole nitrogens is 1. The van der Waals surface area contributed by atoms with Crippen LogP contribution in [0.1, 0.15) is 29.8 Å². The third-order valence-electron chi connectivity index (χ3n) is 5.07. The second-order valence-electron chi connectivity index (χ2n) is 6.99. The molecule has 3 aromatic rings. The molecule has 28 heavy (non-hydrogen) atoms. The number of rotatable bonds is 5. The van der Waals surface area contributed by atoms with Crippen LogP contribution in [0.15, 0.2) is 35.4 Å². The Morgan fingerprint density at radius 3 is 3.00 bits per heavy atom. The predicted octanol–water partition coefficient (Wildman–Crippen LogP) is 4.23. The van der Waals surface area contributed by atoms with Gasteiger partial charge in [-0.2, -0.15) is 14.9 Å². The number of ether oxygens (including phenoxy) is 1. The van der Waals surface area contributed by atoms with Crippen LogP contribution >= 0.6 is 12.2 Å². The Labute approximate surface area is 167 Å². The van der Waals surface area contributed by atoms with E-state index in [-0.39, 0.29) is 11.9 Å². The van der Waals surface area contributed by atoms with Crippen LogP contribution in [-0.4, -0.2) is 38.4 Å². The van der Waals surface area contributed by atoms with Crippen molar-refractivity contribution in [3.63, 3.8) is 0 Å². The van der Waals surface area contributed by atoms with E-state index in [0.717, 1.165) is 42.9 Å². The number of hydrogen-bond donors (Lipinski definition) is 1. The Bertz CT molecular complexity index is 1070. The first-order valence-electron chi connectivity index (χ1n) is 9.29. The normalized spacial score (nSPS) is 17.0. The monoisotopic (exact) mass is 399 g/mol. The highest BCUT2D eigenvalue weighted by atomic mass is 32.1. The molecule has 1 N–H and O–H groups in total. The molecule has 3 heterocycles. The third-order valence-corrected chi connectivity index (χ3v) is 5.33. The van der Waals surface area contributed by atoms with Crippen LogP contribution in [0.5, 0.6) is 0 Å². The van der Waals surface area contributed by atoms with E-state index in [4.69, 9.17) is 17.0 Å². The molecular formula is C20H22FN5OS. The number of aromatic nitrogens is 4. The predicted molar refractivity (Wildman–Crippen MR) is 109 cm³/mol. The van der Waals surface area contributed by atoms with Crippen molar-refractivity contribution in [1.82, 2.24) is 19.4 Å². The summed E-state index contributed by atoms with van der Waals surface area (Å²) in [6, 6.07) is 8.30. The van der Waals surface area contributed by atoms with Gasteiger partial charge in [0.2, 0.25) is 4.77 Å². The Morgan fingerprint density at radius 2 is 2.25 bits per heavy atom. The first kappa shape index (κ1) is 18.8. The van der Waals surface area contributed by atoms with E-state index in [0.29, 0.717) is 16.2 Å². The molecule has 146 valence electrons. The molecule has 0 unspecified atom stereocenters. The average molecular weight is 399 g/mol. The lowest BCUT2D eigenvalue weighted by molar-refractivity contribution is 0.0962. The standard InChI is InChI=1S/C20H22FN5OS/c1-13-9-16(14(2)25(13)12-18-7-4-8-27-18)11-22-26-19(23-24-20(26)28)15-5-3-6-17(21)10-15/h3,5-6,9-11,18H,4,7-8,12H2,1-2H3,(H,24,28)/b22-11-/t18-/m1/s1. The Morgan fingerprint density at radius 1 is 1.39 bits per heavy atom. The quantitative estimate of drug-likeness (QED) is 0.516. The van der Waals surface area contributed by atoms with Crippen molar-refractivity contribution < 1.29 is 9.13 Å². The van der Waals surface area contributed by atoms with Gasteiger partial charge < -0.3 is 9.30 Å². The number of nitrogens with one attached hydrogen (secondary N) is 1. The number of aromatic amines is 1. The van der Waals surface area contributed by atoms with Crippen LogP contribution in [0.2, 0.25) is 0 Å². The van der Waals surface area contributed by atoms with Crippen molar-refractivity contribution in [1.29, 1.82) is 0 Å². The van der Waals surface area contributed by atoms with E-state index < -0.39 is 0 Å². The maximum atomic E-state index is 13.6. The molecule has 8 heteroatoms. The average Bonchev–Trinajstić information content (AvgIpc) is 3.37. The zero-order valence-corrected chi connectivity index (χ0v) is 16.7. The number of halogens is 1. The van der Waals surface area contributed by atoms with Crippen molar-refractivity contribution >= 4 is 18.4 Å². The summed E-state index contributed by atoms with van der Waals surface area (Å²) in [5.41, 5.74) is 3.90. The molecule has 0 radical (unpaired) electrons. The highest BCUT2D eigenvalue weighted by Gasteiger charge is 2.18. The fourth-order valence-corrected chi connectivity index (χ4v) is 3.74. The molecule has 6 nitrogen and oxygen atoms in total. The molecule has 1 aliphatic heterocycles. The Kier molecular flexibility index (Phi) is 5.23. The largest absolute Gasteiger partial charge is 0.376 e. The highest BCUT2D eigenvalue weighted by Crippen LogP contribution is 2.21. The van der Waals surface area contributed by atoms with E-state index >= 15 is 0 Å². The molecule has 4 rings (SSSR count). The molecular weight excluding hydrogens is 377 g/mol. The fraction of sp³-hybridized carbons (Fsp3) is 0.350. The minimum Gasteiger partial charge on any atom is -0.376 e. The van der Waals surface area contributed by atoms with Gasteiger partial charge in [-0.15, -0.1) is 0 Å². The summed E-state index contributed by atoms with van der Waals surface area (Å²) in [5, 5.41) is 11.4. The van der Waals surface area contributed by atoms with Crippen LogP contribution in [0.4, 0.5) is 4.39 Å². The van der Waals surface area contributed by atoms with Gasteiger partial charge >= 0.3 is 0 Å². The molecule has 0 aliphatic carbocycles. The fourth-order valence-electron chi connectivity index (χ4n) is 3.56. The molecule has 1 aromatic carbocycles. The SMILES string of the molecule is Cc1cc(/C=N\n2c(-c3cccc(F)c3)n[nH]c2=S)c(C)n1C[C@H]1CCCO1. The van der Waals surface area contributed by atoms with Gasteiger partial charge in [0.05, 0.1) is 12.3 Å². The van der Waals surface area contributed by atoms with E-state index in [2.05, 4.69) is 39.8 Å². The number of benzene rings is 1. The van der Waals surface area contributed by atoms with Crippen LogP contribution in [-0.2, 0) is 11.3 Å². The summed E-state index contributed by atoms with van der Waals surface area (Å²) < 4.78 is 23.5. The van der Waals surface area contributed by atoms with Crippen molar-refractivity contribution in [3.8, 4) is 11.4 Å². The summed E-state index contributed by atoms with van der Waals surface area (Å²) in [6.07, 6.45) is 4.26. The number of aryl methyl sites for hydroxylation is 1. The van der Waals surface area contributed by atoms with Gasteiger partial charge in [0.25, 0.3) is 0 Å². The van der Waals surface area contributed by atoms with Gasteiger partial charge in [-0.25, -0.2) is 9.49 Å². The van der Waals surface area contributed by atoms with Crippen molar-refractivity contribution in [2.75, 3.05) is 6.61 Å². The maximum Gasteiger partial charge on any atom is 0.216 e. The lowest BCUT2D eigenvalue weighted by atomic mass is 10.2. The van der Waals surface area contributed by atoms with Crippen molar-refractivity contribution in [2.45, 2.75) is 39.3 Å². The third kappa shape index (κ3) is 3.70. The minimum absolute atomic E-state index is 0.275. The summed E-state index contributed by atoms with van der Waals surface area (Å²) in [4.78, 5) is 0. The molecule has 0 amide bonds. The van der Waals surface area contributed by atoms with Crippen LogP contribution in [0.3, 0.4) is 0 Å². The van der Waals surface area contributed by atoms with E-state index in [9.17, 15) is 4.39 Å². The summed E-state index contributed by atoms with van der Waals surface area (Å²) in [7, 11) is 0. The molecule has 1 atom stereocenters. The number of nitrogens with zero attached hydrogens (tertiary/aromatic N) is 4. The zero-order chi connectivity index (χ0) is 19.7. The molecule has 0 bridgehead atoms. The first-order valence-corrected chi connectivity index (χ1v) is 9.70. The second-order valence-corrected chi connectivity index (χ2v) is 7.38. The second kappa shape index (κ2) is 7.81. The minimum atomic E-state index is -0.334.